The molecule has 0 aromatic heterocycles. The van der Waals surface area contributed by atoms with E-state index in [-0.39, 0.29) is 11.3 Å². The van der Waals surface area contributed by atoms with Crippen molar-refractivity contribution in [1.82, 2.24) is 0 Å². The predicted octanol–water partition coefficient (Wildman–Crippen LogP) is 16.9. The molecular weight excluding hydrogens is 787 g/mol. The molecule has 3 aliphatic rings. The lowest BCUT2D eigenvalue weighted by atomic mass is 9.78. The Kier molecular flexibility index (Phi) is 9.49. The van der Waals surface area contributed by atoms with Crippen LogP contribution < -0.4 is 9.64 Å². The fourth-order valence-electron chi connectivity index (χ4n) is 10.9. The molecule has 1 aliphatic heterocycles. The number of fused-ring (bicyclic) bond motifs is 4. The Bertz CT molecular complexity index is 3310. The molecule has 9 aromatic carbocycles. The lowest BCUT2D eigenvalue weighted by Gasteiger charge is -2.33. The maximum atomic E-state index is 7.16. The van der Waals surface area contributed by atoms with Gasteiger partial charge in [0.2, 0.25) is 0 Å². The molecule has 1 unspecified atom stereocenters. The summed E-state index contributed by atoms with van der Waals surface area (Å²) in [7, 11) is 0. The predicted molar refractivity (Wildman–Crippen MR) is 271 cm³/mol. The zero-order valence-electron chi connectivity index (χ0n) is 36.8. The molecule has 12 rings (SSSR count). The van der Waals surface area contributed by atoms with Gasteiger partial charge in [0.25, 0.3) is 0 Å². The standard InChI is InChI=1S/C63H49NO/c1-63(2)58-24-13-12-22-53(58)57-41-51(35-38-59(57)63)64(49-31-25-44(26-32-49)43-17-8-4-9-18-43)50-33-27-46(28-34-50)52-36-29-47-21-14-23-55-54-37-30-48(40-60(54)65-62(52)61(47)55)56(45-19-10-5-11-20-45)39-42-15-6-3-7-16-42/h3-34,36-37,40-41,56H,35,38-39H2,1-2H3. The number of hydrogen-bond acceptors (Lipinski definition) is 2. The van der Waals surface area contributed by atoms with Crippen LogP contribution in [0.4, 0.5) is 11.4 Å². The molecule has 9 aromatic rings. The normalized spacial score (nSPS) is 14.8. The Morgan fingerprint density at radius 1 is 0.508 bits per heavy atom. The topological polar surface area (TPSA) is 12.5 Å². The van der Waals surface area contributed by atoms with Gasteiger partial charge in [-0.05, 0) is 123 Å². The van der Waals surface area contributed by atoms with Crippen LogP contribution in [0.3, 0.4) is 0 Å². The number of rotatable bonds is 9. The third kappa shape index (κ3) is 6.80. The van der Waals surface area contributed by atoms with Crippen molar-refractivity contribution in [2.45, 2.75) is 44.4 Å². The van der Waals surface area contributed by atoms with E-state index >= 15 is 0 Å². The van der Waals surface area contributed by atoms with E-state index in [0.29, 0.717) is 0 Å². The molecule has 0 amide bonds. The van der Waals surface area contributed by atoms with Crippen molar-refractivity contribution in [2.75, 3.05) is 4.90 Å². The molecule has 0 saturated carbocycles. The van der Waals surface area contributed by atoms with Crippen LogP contribution in [0.5, 0.6) is 11.5 Å². The van der Waals surface area contributed by atoms with Crippen molar-refractivity contribution in [3.05, 3.63) is 257 Å². The number of ether oxygens (including phenoxy) is 1. The number of allylic oxidation sites excluding steroid dienone is 4. The van der Waals surface area contributed by atoms with Gasteiger partial charge in [-0.15, -0.1) is 0 Å². The number of nitrogens with zero attached hydrogens (tertiary/aromatic N) is 1. The minimum Gasteiger partial charge on any atom is -0.455 e. The largest absolute Gasteiger partial charge is 0.455 e. The monoisotopic (exact) mass is 835 g/mol. The quantitative estimate of drug-likeness (QED) is 0.144. The van der Waals surface area contributed by atoms with Gasteiger partial charge < -0.3 is 9.64 Å². The second-order valence-corrected chi connectivity index (χ2v) is 18.4. The highest BCUT2D eigenvalue weighted by molar-refractivity contribution is 6.07. The first-order valence-corrected chi connectivity index (χ1v) is 23.0. The number of benzene rings is 9. The Morgan fingerprint density at radius 2 is 1.14 bits per heavy atom. The van der Waals surface area contributed by atoms with Gasteiger partial charge in [0.1, 0.15) is 11.5 Å². The van der Waals surface area contributed by atoms with Gasteiger partial charge in [-0.1, -0.05) is 195 Å². The molecule has 0 spiro atoms. The Morgan fingerprint density at radius 3 is 1.89 bits per heavy atom. The molecule has 1 heterocycles. The Labute approximate surface area is 382 Å². The summed E-state index contributed by atoms with van der Waals surface area (Å²) in [4.78, 5) is 2.48. The second kappa shape index (κ2) is 15.8. The van der Waals surface area contributed by atoms with Crippen LogP contribution in [-0.2, 0) is 11.8 Å². The lowest BCUT2D eigenvalue weighted by molar-refractivity contribution is 0.487. The highest BCUT2D eigenvalue weighted by atomic mass is 16.5. The summed E-state index contributed by atoms with van der Waals surface area (Å²) >= 11 is 0. The van der Waals surface area contributed by atoms with E-state index in [4.69, 9.17) is 4.74 Å². The summed E-state index contributed by atoms with van der Waals surface area (Å²) in [6, 6.07) is 77.6. The molecule has 65 heavy (non-hydrogen) atoms. The van der Waals surface area contributed by atoms with E-state index in [0.717, 1.165) is 64.2 Å². The van der Waals surface area contributed by atoms with E-state index in [1.165, 1.54) is 61.2 Å². The van der Waals surface area contributed by atoms with Crippen LogP contribution in [0.15, 0.2) is 230 Å². The Hall–Kier alpha value is -7.68. The van der Waals surface area contributed by atoms with Crippen LogP contribution in [0.2, 0.25) is 0 Å². The van der Waals surface area contributed by atoms with E-state index in [1.807, 2.05) is 0 Å². The van der Waals surface area contributed by atoms with Gasteiger partial charge in [0.15, 0.2) is 0 Å². The van der Waals surface area contributed by atoms with Gasteiger partial charge in [-0.2, -0.15) is 0 Å². The van der Waals surface area contributed by atoms with Crippen molar-refractivity contribution in [2.24, 2.45) is 0 Å². The van der Waals surface area contributed by atoms with E-state index in [2.05, 4.69) is 237 Å². The van der Waals surface area contributed by atoms with Crippen molar-refractivity contribution in [3.8, 4) is 44.9 Å². The minimum absolute atomic E-state index is 0.0215. The van der Waals surface area contributed by atoms with E-state index in [1.54, 1.807) is 5.57 Å². The number of anilines is 2. The summed E-state index contributed by atoms with van der Waals surface area (Å²) < 4.78 is 7.16. The second-order valence-electron chi connectivity index (χ2n) is 18.4. The fraction of sp³-hybridized carbons (Fsp3) is 0.111. The van der Waals surface area contributed by atoms with Gasteiger partial charge in [-0.3, -0.25) is 0 Å². The number of hydrogen-bond donors (Lipinski definition) is 0. The van der Waals surface area contributed by atoms with Crippen molar-refractivity contribution >= 4 is 27.7 Å². The first kappa shape index (κ1) is 39.0. The van der Waals surface area contributed by atoms with Gasteiger partial charge >= 0.3 is 0 Å². The van der Waals surface area contributed by atoms with Crippen LogP contribution >= 0.6 is 0 Å². The molecular formula is C63H49NO. The van der Waals surface area contributed by atoms with E-state index < -0.39 is 0 Å². The minimum atomic E-state index is 0.0215. The molecule has 0 fully saturated rings. The molecule has 312 valence electrons. The van der Waals surface area contributed by atoms with Crippen LogP contribution in [0.25, 0.3) is 49.7 Å². The summed E-state index contributed by atoms with van der Waals surface area (Å²) in [6.07, 6.45) is 5.37. The van der Waals surface area contributed by atoms with Crippen LogP contribution in [0, 0.1) is 0 Å². The average Bonchev–Trinajstić information content (AvgIpc) is 3.59. The molecule has 0 radical (unpaired) electrons. The smallest absolute Gasteiger partial charge is 0.143 e. The van der Waals surface area contributed by atoms with Gasteiger partial charge in [-0.25, -0.2) is 0 Å². The Balaban J connectivity index is 0.934. The summed E-state index contributed by atoms with van der Waals surface area (Å²) in [5, 5.41) is 2.34. The molecule has 2 aliphatic carbocycles. The third-order valence-corrected chi connectivity index (χ3v) is 14.3. The molecule has 1 atom stereocenters. The highest BCUT2D eigenvalue weighted by Gasteiger charge is 2.39. The van der Waals surface area contributed by atoms with Crippen LogP contribution in [-0.4, -0.2) is 0 Å². The molecule has 0 N–H and O–H groups in total. The molecule has 0 bridgehead atoms. The third-order valence-electron chi connectivity index (χ3n) is 14.3. The van der Waals surface area contributed by atoms with Gasteiger partial charge in [0.05, 0.1) is 0 Å². The SMILES string of the molecule is CC1(C)C2=C(C=C(N(c3ccc(-c4ccccc4)cc3)c3ccc(-c4ccc5cccc6c5c4Oc4cc(C(Cc5ccccc5)c5ccccc5)ccc4-6)cc3)CC2)c2ccccc21. The maximum Gasteiger partial charge on any atom is 0.143 e. The zero-order chi connectivity index (χ0) is 43.5. The van der Waals surface area contributed by atoms with Crippen molar-refractivity contribution < 1.29 is 4.74 Å². The van der Waals surface area contributed by atoms with E-state index in [9.17, 15) is 0 Å². The first-order valence-electron chi connectivity index (χ1n) is 23.0. The highest BCUT2D eigenvalue weighted by Crippen LogP contribution is 2.54. The summed E-state index contributed by atoms with van der Waals surface area (Å²) in [5.74, 6) is 2.00. The molecule has 2 heteroatoms. The average molecular weight is 836 g/mol. The maximum absolute atomic E-state index is 7.16. The van der Waals surface area contributed by atoms with Crippen molar-refractivity contribution in [3.63, 3.8) is 0 Å². The fourth-order valence-corrected chi connectivity index (χ4v) is 10.9. The molecule has 2 nitrogen and oxygen atoms in total. The van der Waals surface area contributed by atoms with Crippen LogP contribution in [0.1, 0.15) is 60.4 Å². The molecule has 0 saturated heterocycles. The first-order chi connectivity index (χ1) is 32.0. The lowest BCUT2D eigenvalue weighted by Crippen LogP contribution is -2.22. The van der Waals surface area contributed by atoms with Gasteiger partial charge in [0, 0.05) is 44.9 Å². The zero-order valence-corrected chi connectivity index (χ0v) is 36.8. The van der Waals surface area contributed by atoms with Crippen molar-refractivity contribution in [1.29, 1.82) is 0 Å². The summed E-state index contributed by atoms with van der Waals surface area (Å²) in [5.41, 5.74) is 20.2. The summed E-state index contributed by atoms with van der Waals surface area (Å²) in [6.45, 7) is 4.78.